The van der Waals surface area contributed by atoms with E-state index >= 15 is 0 Å². The topological polar surface area (TPSA) is 102 Å². The first-order valence-electron chi connectivity index (χ1n) is 10.4. The predicted octanol–water partition coefficient (Wildman–Crippen LogP) is 3.39. The molecule has 0 unspecified atom stereocenters. The Labute approximate surface area is 173 Å². The van der Waals surface area contributed by atoms with Crippen molar-refractivity contribution in [2.75, 3.05) is 18.1 Å². The van der Waals surface area contributed by atoms with Crippen LogP contribution >= 0.6 is 0 Å². The van der Waals surface area contributed by atoms with Crippen molar-refractivity contribution in [1.29, 1.82) is 5.41 Å². The fraction of sp³-hybridized carbons (Fsp3) is 0.478. The van der Waals surface area contributed by atoms with Crippen LogP contribution in [0.4, 0.5) is 5.69 Å². The first-order chi connectivity index (χ1) is 13.9. The van der Waals surface area contributed by atoms with Crippen LogP contribution in [-0.2, 0) is 4.79 Å². The van der Waals surface area contributed by atoms with Gasteiger partial charge >= 0.3 is 0 Å². The molecular weight excluding hydrogens is 364 g/mol. The van der Waals surface area contributed by atoms with Crippen molar-refractivity contribution in [1.82, 2.24) is 5.32 Å². The van der Waals surface area contributed by atoms with Crippen molar-refractivity contribution in [3.8, 4) is 0 Å². The molecule has 1 aliphatic carbocycles. The van der Waals surface area contributed by atoms with E-state index in [1.54, 1.807) is 4.90 Å². The Morgan fingerprint density at radius 2 is 1.93 bits per heavy atom. The minimum atomic E-state index is -0.246. The molecule has 1 amide bonds. The molecule has 1 heterocycles. The second-order valence-electron chi connectivity index (χ2n) is 8.20. The number of hydrogen-bond acceptors (Lipinski definition) is 4. The lowest BCUT2D eigenvalue weighted by Crippen LogP contribution is -2.43. The molecule has 6 heteroatoms. The van der Waals surface area contributed by atoms with Gasteiger partial charge in [-0.05, 0) is 68.6 Å². The highest BCUT2D eigenvalue weighted by Gasteiger charge is 2.30. The molecule has 0 bridgehead atoms. The third-order valence-corrected chi connectivity index (χ3v) is 6.04. The Morgan fingerprint density at radius 3 is 2.48 bits per heavy atom. The summed E-state index contributed by atoms with van der Waals surface area (Å²) in [6.45, 7) is 6.46. The molecule has 0 aromatic heterocycles. The van der Waals surface area contributed by atoms with Crippen LogP contribution in [0.2, 0.25) is 0 Å². The van der Waals surface area contributed by atoms with Gasteiger partial charge in [0.25, 0.3) is 5.91 Å². The van der Waals surface area contributed by atoms with Crippen LogP contribution in [0.25, 0.3) is 0 Å². The van der Waals surface area contributed by atoms with Crippen molar-refractivity contribution in [2.45, 2.75) is 51.4 Å². The number of hydrogen-bond donors (Lipinski definition) is 4. The number of nitrogens with zero attached hydrogens (tertiary/aromatic N) is 1. The first-order valence-corrected chi connectivity index (χ1v) is 10.4. The second-order valence-corrected chi connectivity index (χ2v) is 8.20. The van der Waals surface area contributed by atoms with Gasteiger partial charge in [0.2, 0.25) is 0 Å². The number of amides is 1. The number of nitrogens with one attached hydrogen (secondary N) is 2. The molecule has 3 rings (SSSR count). The van der Waals surface area contributed by atoms with E-state index in [1.807, 2.05) is 19.1 Å². The number of nitrogens with two attached hydrogens (primary N) is 1. The molecule has 0 saturated heterocycles. The molecule has 1 aromatic carbocycles. The minimum absolute atomic E-state index is 0.222. The van der Waals surface area contributed by atoms with E-state index in [0.717, 1.165) is 30.6 Å². The minimum Gasteiger partial charge on any atom is -0.396 e. The summed E-state index contributed by atoms with van der Waals surface area (Å²) in [5.74, 6) is 0.736. The Hall–Kier alpha value is -2.60. The number of carbonyl (C=O) groups is 1. The summed E-state index contributed by atoms with van der Waals surface area (Å²) in [5, 5.41) is 20.1. The summed E-state index contributed by atoms with van der Waals surface area (Å²) in [6.07, 6.45) is 6.16. The number of allylic oxidation sites excluding steroid dienone is 1. The average molecular weight is 397 g/mol. The molecule has 0 atom stereocenters. The van der Waals surface area contributed by atoms with Gasteiger partial charge < -0.3 is 21.1 Å². The zero-order valence-electron chi connectivity index (χ0n) is 17.2. The van der Waals surface area contributed by atoms with E-state index in [4.69, 9.17) is 16.2 Å². The number of aliphatic hydroxyl groups excluding tert-OH is 1. The van der Waals surface area contributed by atoms with Gasteiger partial charge in [0, 0.05) is 36.7 Å². The zero-order chi connectivity index (χ0) is 21.0. The maximum absolute atomic E-state index is 13.0. The summed E-state index contributed by atoms with van der Waals surface area (Å²) in [4.78, 5) is 14.7. The van der Waals surface area contributed by atoms with Crippen molar-refractivity contribution in [3.63, 3.8) is 0 Å². The highest BCUT2D eigenvalue weighted by Crippen LogP contribution is 2.37. The van der Waals surface area contributed by atoms with Crippen LogP contribution in [0.3, 0.4) is 0 Å². The van der Waals surface area contributed by atoms with Gasteiger partial charge in [-0.2, -0.15) is 0 Å². The molecule has 29 heavy (non-hydrogen) atoms. The van der Waals surface area contributed by atoms with E-state index in [0.29, 0.717) is 30.5 Å². The number of benzene rings is 1. The molecule has 0 radical (unpaired) electrons. The molecule has 156 valence electrons. The lowest BCUT2D eigenvalue weighted by Gasteiger charge is -2.31. The number of amidine groups is 1. The van der Waals surface area contributed by atoms with Crippen molar-refractivity contribution in [2.24, 2.45) is 11.7 Å². The molecule has 5 N–H and O–H groups in total. The van der Waals surface area contributed by atoms with E-state index in [-0.39, 0.29) is 23.9 Å². The smallest absolute Gasteiger partial charge is 0.263 e. The van der Waals surface area contributed by atoms with E-state index in [2.05, 4.69) is 24.0 Å². The third-order valence-electron chi connectivity index (χ3n) is 6.04. The van der Waals surface area contributed by atoms with Gasteiger partial charge in [0.15, 0.2) is 0 Å². The fourth-order valence-electron chi connectivity index (χ4n) is 4.51. The van der Waals surface area contributed by atoms with Crippen molar-refractivity contribution < 1.29 is 9.90 Å². The molecule has 1 aliphatic heterocycles. The summed E-state index contributed by atoms with van der Waals surface area (Å²) >= 11 is 0. The maximum Gasteiger partial charge on any atom is 0.263 e. The van der Waals surface area contributed by atoms with Crippen LogP contribution in [-0.4, -0.2) is 30.0 Å². The van der Waals surface area contributed by atoms with Gasteiger partial charge in [0.1, 0.15) is 11.4 Å². The van der Waals surface area contributed by atoms with Gasteiger partial charge in [0.05, 0.1) is 0 Å². The second kappa shape index (κ2) is 9.27. The number of anilines is 1. The summed E-state index contributed by atoms with van der Waals surface area (Å²) in [7, 11) is 0. The highest BCUT2D eigenvalue weighted by atomic mass is 16.3. The standard InChI is InChI=1S/C23H32N4O2/c1-15(2)26-20-11-13-27(23(29)21(20)22(24)25)19-9-7-18(8-10-19)17-5-3-16(4-6-17)12-14-28/h7-10,16-17,26,28H,1,3-6,11-14H2,2H3,(H3,24,25). The largest absolute Gasteiger partial charge is 0.396 e. The predicted molar refractivity (Wildman–Crippen MR) is 117 cm³/mol. The van der Waals surface area contributed by atoms with E-state index in [1.165, 1.54) is 18.4 Å². The maximum atomic E-state index is 13.0. The molecule has 0 spiro atoms. The summed E-state index contributed by atoms with van der Waals surface area (Å²) in [5.41, 5.74) is 9.47. The molecule has 1 aromatic rings. The number of carbonyl (C=O) groups excluding carboxylic acids is 1. The van der Waals surface area contributed by atoms with Crippen LogP contribution in [0.5, 0.6) is 0 Å². The van der Waals surface area contributed by atoms with E-state index < -0.39 is 0 Å². The van der Waals surface area contributed by atoms with Crippen LogP contribution in [0.1, 0.15) is 56.9 Å². The molecule has 2 aliphatic rings. The Balaban J connectivity index is 1.72. The lowest BCUT2D eigenvalue weighted by molar-refractivity contribution is -0.115. The van der Waals surface area contributed by atoms with Crippen molar-refractivity contribution in [3.05, 3.63) is 53.4 Å². The Morgan fingerprint density at radius 1 is 1.28 bits per heavy atom. The van der Waals surface area contributed by atoms with Crippen molar-refractivity contribution >= 4 is 17.4 Å². The van der Waals surface area contributed by atoms with E-state index in [9.17, 15) is 4.79 Å². The van der Waals surface area contributed by atoms with Gasteiger partial charge in [-0.25, -0.2) is 0 Å². The Kier molecular flexibility index (Phi) is 6.75. The van der Waals surface area contributed by atoms with Crippen LogP contribution in [0, 0.1) is 11.3 Å². The monoisotopic (exact) mass is 396 g/mol. The average Bonchev–Trinajstić information content (AvgIpc) is 2.68. The van der Waals surface area contributed by atoms with Crippen LogP contribution in [0.15, 0.2) is 47.8 Å². The zero-order valence-corrected chi connectivity index (χ0v) is 17.2. The van der Waals surface area contributed by atoms with Gasteiger partial charge in [-0.1, -0.05) is 18.7 Å². The Bertz CT molecular complexity index is 805. The lowest BCUT2D eigenvalue weighted by atomic mass is 9.77. The van der Waals surface area contributed by atoms with Crippen LogP contribution < -0.4 is 16.0 Å². The quantitative estimate of drug-likeness (QED) is 0.419. The normalized spacial score (nSPS) is 22.6. The number of rotatable bonds is 7. The highest BCUT2D eigenvalue weighted by molar-refractivity contribution is 6.25. The summed E-state index contributed by atoms with van der Waals surface area (Å²) in [6, 6.07) is 8.25. The molecular formula is C23H32N4O2. The molecule has 6 nitrogen and oxygen atoms in total. The number of aliphatic hydroxyl groups is 1. The molecule has 1 saturated carbocycles. The molecule has 1 fully saturated rings. The SMILES string of the molecule is C=C(C)NC1=C(C(=N)N)C(=O)N(c2ccc(C3CCC(CCO)CC3)cc2)CC1. The first kappa shape index (κ1) is 21.1. The van der Waals surface area contributed by atoms with Gasteiger partial charge in [-0.3, -0.25) is 10.2 Å². The van der Waals surface area contributed by atoms with Gasteiger partial charge in [-0.15, -0.1) is 0 Å². The third kappa shape index (κ3) is 4.88. The fourth-order valence-corrected chi connectivity index (χ4v) is 4.51. The summed E-state index contributed by atoms with van der Waals surface area (Å²) < 4.78 is 0.